The minimum Gasteiger partial charge on any atom is -0.480 e. The van der Waals surface area contributed by atoms with Gasteiger partial charge in [0, 0.05) is 12.1 Å². The van der Waals surface area contributed by atoms with Gasteiger partial charge < -0.3 is 5.11 Å². The fraction of sp³-hybridized carbons (Fsp3) is 0.923. The summed E-state index contributed by atoms with van der Waals surface area (Å²) in [4.78, 5) is 13.1. The van der Waals surface area contributed by atoms with E-state index in [-0.39, 0.29) is 24.1 Å². The number of aliphatic carboxylic acids is 1. The van der Waals surface area contributed by atoms with Gasteiger partial charge in [0.1, 0.15) is 0 Å². The Hall–Kier alpha value is -0.620. The fourth-order valence-electron chi connectivity index (χ4n) is 3.47. The maximum Gasteiger partial charge on any atom is 0.317 e. The zero-order valence-electron chi connectivity index (χ0n) is 11.0. The third-order valence-corrected chi connectivity index (χ3v) is 6.34. The van der Waals surface area contributed by atoms with Crippen LogP contribution >= 0.6 is 0 Å². The van der Waals surface area contributed by atoms with Crippen LogP contribution in [0.3, 0.4) is 0 Å². The zero-order chi connectivity index (χ0) is 13.6. The average Bonchev–Trinajstić information content (AvgIpc) is 3.18. The molecule has 0 amide bonds. The highest BCUT2D eigenvalue weighted by Crippen LogP contribution is 2.48. The van der Waals surface area contributed by atoms with Crippen LogP contribution in [0.1, 0.15) is 32.1 Å². The summed E-state index contributed by atoms with van der Waals surface area (Å²) in [6.07, 6.45) is 5.31. The molecule has 0 spiro atoms. The number of hydrogen-bond donors (Lipinski definition) is 1. The van der Waals surface area contributed by atoms with Gasteiger partial charge in [-0.2, -0.15) is 0 Å². The summed E-state index contributed by atoms with van der Waals surface area (Å²) >= 11 is 0. The van der Waals surface area contributed by atoms with Crippen molar-refractivity contribution in [3.05, 3.63) is 0 Å². The summed E-state index contributed by atoms with van der Waals surface area (Å²) in [6, 6.07) is 0.238. The Morgan fingerprint density at radius 3 is 2.11 bits per heavy atom. The summed E-state index contributed by atoms with van der Waals surface area (Å²) in [6.45, 7) is -0.00213. The number of rotatable bonds is 6. The third kappa shape index (κ3) is 3.11. The van der Waals surface area contributed by atoms with Crippen LogP contribution in [-0.2, 0) is 14.6 Å². The average molecular weight is 287 g/mol. The van der Waals surface area contributed by atoms with Crippen LogP contribution in [0.25, 0.3) is 0 Å². The standard InChI is InChI=1S/C13H21NO4S/c15-12(16)7-14(11-5-6-19(17,18)8-11)13(9-1-2-9)10-3-4-10/h9-11,13H,1-8H2,(H,15,16). The molecule has 6 heteroatoms. The lowest BCUT2D eigenvalue weighted by atomic mass is 10.0. The Kier molecular flexibility index (Phi) is 3.33. The molecular formula is C13H21NO4S. The smallest absolute Gasteiger partial charge is 0.317 e. The number of hydrogen-bond acceptors (Lipinski definition) is 4. The largest absolute Gasteiger partial charge is 0.480 e. The van der Waals surface area contributed by atoms with Gasteiger partial charge in [-0.3, -0.25) is 9.69 Å². The van der Waals surface area contributed by atoms with E-state index >= 15 is 0 Å². The molecule has 1 aliphatic heterocycles. The molecule has 5 nitrogen and oxygen atoms in total. The monoisotopic (exact) mass is 287 g/mol. The van der Waals surface area contributed by atoms with Crippen molar-refractivity contribution in [2.24, 2.45) is 11.8 Å². The van der Waals surface area contributed by atoms with E-state index in [1.807, 2.05) is 4.90 Å². The van der Waals surface area contributed by atoms with Crippen LogP contribution in [0.5, 0.6) is 0 Å². The van der Waals surface area contributed by atoms with E-state index in [0.29, 0.717) is 24.3 Å². The summed E-state index contributed by atoms with van der Waals surface area (Å²) in [5.74, 6) is 0.743. The van der Waals surface area contributed by atoms with Crippen molar-refractivity contribution >= 4 is 15.8 Å². The molecule has 3 aliphatic rings. The molecule has 3 fully saturated rings. The molecule has 2 saturated carbocycles. The van der Waals surface area contributed by atoms with Gasteiger partial charge in [-0.25, -0.2) is 8.42 Å². The van der Waals surface area contributed by atoms with E-state index in [1.165, 1.54) is 25.7 Å². The third-order valence-electron chi connectivity index (χ3n) is 4.59. The van der Waals surface area contributed by atoms with Crippen LogP contribution < -0.4 is 0 Å². The molecule has 3 rings (SSSR count). The Morgan fingerprint density at radius 2 is 1.74 bits per heavy atom. The molecule has 1 saturated heterocycles. The van der Waals surface area contributed by atoms with E-state index in [2.05, 4.69) is 0 Å². The molecule has 19 heavy (non-hydrogen) atoms. The lowest BCUT2D eigenvalue weighted by molar-refractivity contribution is -0.139. The maximum atomic E-state index is 11.7. The van der Waals surface area contributed by atoms with Crippen LogP contribution in [-0.4, -0.2) is 54.5 Å². The van der Waals surface area contributed by atoms with Crippen molar-refractivity contribution in [3.63, 3.8) is 0 Å². The first kappa shape index (κ1) is 13.4. The Labute approximate surface area is 113 Å². The number of carbonyl (C=O) groups is 1. The molecule has 0 aromatic heterocycles. The fourth-order valence-corrected chi connectivity index (χ4v) is 5.22. The van der Waals surface area contributed by atoms with E-state index in [0.717, 1.165) is 0 Å². The normalized spacial score (nSPS) is 30.1. The number of sulfone groups is 1. The lowest BCUT2D eigenvalue weighted by Crippen LogP contribution is -2.48. The zero-order valence-corrected chi connectivity index (χ0v) is 11.8. The molecule has 1 atom stereocenters. The molecule has 0 aromatic carbocycles. The second-order valence-corrected chi connectivity index (χ2v) is 8.52. The molecule has 0 radical (unpaired) electrons. The van der Waals surface area contributed by atoms with Gasteiger partial charge in [0.05, 0.1) is 18.1 Å². The highest BCUT2D eigenvalue weighted by Gasteiger charge is 2.48. The molecule has 1 N–H and O–H groups in total. The van der Waals surface area contributed by atoms with Gasteiger partial charge in [0.25, 0.3) is 0 Å². The van der Waals surface area contributed by atoms with Gasteiger partial charge >= 0.3 is 5.97 Å². The van der Waals surface area contributed by atoms with Crippen LogP contribution in [0.4, 0.5) is 0 Å². The topological polar surface area (TPSA) is 74.7 Å². The van der Waals surface area contributed by atoms with Crippen molar-refractivity contribution in [1.29, 1.82) is 0 Å². The quantitative estimate of drug-likeness (QED) is 0.780. The van der Waals surface area contributed by atoms with Gasteiger partial charge in [0.2, 0.25) is 0 Å². The van der Waals surface area contributed by atoms with Crippen LogP contribution in [0, 0.1) is 11.8 Å². The van der Waals surface area contributed by atoms with E-state index in [9.17, 15) is 13.2 Å². The predicted molar refractivity (Wildman–Crippen MR) is 70.6 cm³/mol. The molecule has 1 heterocycles. The van der Waals surface area contributed by atoms with E-state index < -0.39 is 15.8 Å². The molecule has 1 unspecified atom stereocenters. The molecule has 108 valence electrons. The molecule has 2 aliphatic carbocycles. The lowest BCUT2D eigenvalue weighted by Gasteiger charge is -2.35. The summed E-state index contributed by atoms with van der Waals surface area (Å²) in [5.41, 5.74) is 0. The van der Waals surface area contributed by atoms with Gasteiger partial charge in [-0.1, -0.05) is 0 Å². The van der Waals surface area contributed by atoms with Crippen molar-refractivity contribution in [2.75, 3.05) is 18.1 Å². The predicted octanol–water partition coefficient (Wildman–Crippen LogP) is 0.749. The number of carboxylic acid groups (broad SMARTS) is 1. The Balaban J connectivity index is 1.78. The van der Waals surface area contributed by atoms with Crippen molar-refractivity contribution < 1.29 is 18.3 Å². The Bertz CT molecular complexity index is 455. The molecule has 0 bridgehead atoms. The first-order valence-corrected chi connectivity index (χ1v) is 8.96. The second-order valence-electron chi connectivity index (χ2n) is 6.29. The molecular weight excluding hydrogens is 266 g/mol. The minimum absolute atomic E-state index is 0.00213. The first-order chi connectivity index (χ1) is 8.96. The van der Waals surface area contributed by atoms with Gasteiger partial charge in [-0.15, -0.1) is 0 Å². The molecule has 0 aromatic rings. The summed E-state index contributed by atoms with van der Waals surface area (Å²) in [5, 5.41) is 9.14. The number of nitrogens with zero attached hydrogens (tertiary/aromatic N) is 1. The van der Waals surface area contributed by atoms with E-state index in [1.54, 1.807) is 0 Å². The van der Waals surface area contributed by atoms with Crippen LogP contribution in [0.2, 0.25) is 0 Å². The Morgan fingerprint density at radius 1 is 1.16 bits per heavy atom. The summed E-state index contributed by atoms with van der Waals surface area (Å²) in [7, 11) is -2.95. The highest BCUT2D eigenvalue weighted by atomic mass is 32.2. The van der Waals surface area contributed by atoms with Gasteiger partial charge in [0.15, 0.2) is 9.84 Å². The van der Waals surface area contributed by atoms with E-state index in [4.69, 9.17) is 5.11 Å². The van der Waals surface area contributed by atoms with Gasteiger partial charge in [-0.05, 0) is 43.9 Å². The number of carboxylic acids is 1. The first-order valence-electron chi connectivity index (χ1n) is 7.14. The van der Waals surface area contributed by atoms with Crippen molar-refractivity contribution in [2.45, 2.75) is 44.2 Å². The second kappa shape index (κ2) is 4.74. The highest BCUT2D eigenvalue weighted by molar-refractivity contribution is 7.91. The minimum atomic E-state index is -2.95. The SMILES string of the molecule is O=C(O)CN(C1CCS(=O)(=O)C1)C(C1CC1)C1CC1. The van der Waals surface area contributed by atoms with Crippen molar-refractivity contribution in [1.82, 2.24) is 4.90 Å². The van der Waals surface area contributed by atoms with Crippen molar-refractivity contribution in [3.8, 4) is 0 Å². The maximum absolute atomic E-state index is 11.7. The summed E-state index contributed by atoms with van der Waals surface area (Å²) < 4.78 is 23.3. The van der Waals surface area contributed by atoms with Crippen LogP contribution in [0.15, 0.2) is 0 Å².